The van der Waals surface area contributed by atoms with Gasteiger partial charge in [0.1, 0.15) is 17.3 Å². The van der Waals surface area contributed by atoms with Crippen molar-refractivity contribution < 1.29 is 17.9 Å². The Morgan fingerprint density at radius 3 is 2.62 bits per heavy atom. The molecule has 1 amide bonds. The van der Waals surface area contributed by atoms with E-state index in [4.69, 9.17) is 9.88 Å². The van der Waals surface area contributed by atoms with Gasteiger partial charge in [0.2, 0.25) is 0 Å². The highest BCUT2D eigenvalue weighted by molar-refractivity contribution is 7.87. The van der Waals surface area contributed by atoms with E-state index in [2.05, 4.69) is 20.0 Å². The summed E-state index contributed by atoms with van der Waals surface area (Å²) in [5, 5.41) is 13.4. The first-order chi connectivity index (χ1) is 15.3. The van der Waals surface area contributed by atoms with Gasteiger partial charge in [0.15, 0.2) is 0 Å². The van der Waals surface area contributed by atoms with Crippen LogP contribution in [0.1, 0.15) is 41.6 Å². The summed E-state index contributed by atoms with van der Waals surface area (Å²) in [6.45, 7) is 2.33. The fourth-order valence-electron chi connectivity index (χ4n) is 2.91. The molecule has 2 heterocycles. The molecule has 0 aliphatic heterocycles. The summed E-state index contributed by atoms with van der Waals surface area (Å²) in [6.07, 6.45) is 1.23. The molecule has 0 aliphatic rings. The van der Waals surface area contributed by atoms with Crippen LogP contribution in [-0.4, -0.2) is 31.0 Å². The van der Waals surface area contributed by atoms with Gasteiger partial charge in [0.05, 0.1) is 16.7 Å². The largest absolute Gasteiger partial charge is 0.445 e. The number of thiazole rings is 2. The van der Waals surface area contributed by atoms with Crippen molar-refractivity contribution in [3.63, 3.8) is 0 Å². The van der Waals surface area contributed by atoms with E-state index in [1.54, 1.807) is 11.3 Å². The van der Waals surface area contributed by atoms with Crippen LogP contribution in [0.3, 0.4) is 0 Å². The van der Waals surface area contributed by atoms with Gasteiger partial charge in [-0.2, -0.15) is 8.42 Å². The zero-order valence-electron chi connectivity index (χ0n) is 17.5. The summed E-state index contributed by atoms with van der Waals surface area (Å²) < 4.78 is 29.6. The molecule has 0 aliphatic carbocycles. The molecule has 0 saturated heterocycles. The lowest BCUT2D eigenvalue weighted by atomic mass is 10.1. The lowest BCUT2D eigenvalue weighted by Crippen LogP contribution is -2.32. The molecule has 1 atom stereocenters. The minimum absolute atomic E-state index is 0.165. The summed E-state index contributed by atoms with van der Waals surface area (Å²) in [7, 11) is -3.71. The fraction of sp³-hybridized carbons (Fsp3) is 0.350. The molecule has 0 saturated carbocycles. The summed E-state index contributed by atoms with van der Waals surface area (Å²) in [4.78, 5) is 21.6. The molecule has 4 N–H and O–H groups in total. The third-order valence-electron chi connectivity index (χ3n) is 4.44. The number of hydrogen-bond donors (Lipinski definition) is 3. The molecule has 3 rings (SSSR count). The van der Waals surface area contributed by atoms with E-state index < -0.39 is 16.3 Å². The SMILES string of the molecule is Cc1nc(-c2nc(C(CCCCNS(N)(=O)=O)NC(=O)OCc3ccccc3)cs2)cs1. The number of rotatable bonds is 11. The van der Waals surface area contributed by atoms with Crippen molar-refractivity contribution in [1.82, 2.24) is 20.0 Å². The van der Waals surface area contributed by atoms with Crippen molar-refractivity contribution in [3.05, 3.63) is 57.4 Å². The normalized spacial score (nSPS) is 12.4. The molecule has 32 heavy (non-hydrogen) atoms. The minimum Gasteiger partial charge on any atom is -0.445 e. The number of ether oxygens (including phenoxy) is 1. The second-order valence-electron chi connectivity index (χ2n) is 7.02. The highest BCUT2D eigenvalue weighted by atomic mass is 32.2. The van der Waals surface area contributed by atoms with E-state index in [0.717, 1.165) is 21.3 Å². The molecule has 0 spiro atoms. The smallest absolute Gasteiger partial charge is 0.408 e. The average molecular weight is 496 g/mol. The monoisotopic (exact) mass is 495 g/mol. The van der Waals surface area contributed by atoms with E-state index in [1.807, 2.05) is 48.0 Å². The van der Waals surface area contributed by atoms with Crippen LogP contribution in [0.15, 0.2) is 41.1 Å². The van der Waals surface area contributed by atoms with Crippen LogP contribution >= 0.6 is 22.7 Å². The Balaban J connectivity index is 1.62. The lowest BCUT2D eigenvalue weighted by molar-refractivity contribution is 0.134. The van der Waals surface area contributed by atoms with Gasteiger partial charge in [0.25, 0.3) is 10.2 Å². The quantitative estimate of drug-likeness (QED) is 0.348. The molecule has 2 aromatic heterocycles. The number of unbranched alkanes of at least 4 members (excludes halogenated alkanes) is 1. The van der Waals surface area contributed by atoms with Gasteiger partial charge >= 0.3 is 6.09 Å². The summed E-state index contributed by atoms with van der Waals surface area (Å²) >= 11 is 3.01. The van der Waals surface area contributed by atoms with Gasteiger partial charge < -0.3 is 10.1 Å². The van der Waals surface area contributed by atoms with Crippen LogP contribution in [0.4, 0.5) is 4.79 Å². The predicted octanol–water partition coefficient (Wildman–Crippen LogP) is 3.51. The lowest BCUT2D eigenvalue weighted by Gasteiger charge is -2.17. The summed E-state index contributed by atoms with van der Waals surface area (Å²) in [6, 6.07) is 9.04. The fourth-order valence-corrected chi connectivity index (χ4v) is 4.85. The van der Waals surface area contributed by atoms with Crippen LogP contribution in [-0.2, 0) is 21.6 Å². The summed E-state index contributed by atoms with van der Waals surface area (Å²) in [5.41, 5.74) is 2.42. The van der Waals surface area contributed by atoms with Crippen molar-refractivity contribution >= 4 is 39.0 Å². The third-order valence-corrected chi connectivity index (χ3v) is 6.71. The number of hydrogen-bond acceptors (Lipinski definition) is 8. The van der Waals surface area contributed by atoms with Gasteiger partial charge in [-0.15, -0.1) is 22.7 Å². The van der Waals surface area contributed by atoms with Crippen molar-refractivity contribution in [2.75, 3.05) is 6.54 Å². The minimum atomic E-state index is -3.71. The van der Waals surface area contributed by atoms with Crippen molar-refractivity contribution in [3.8, 4) is 10.7 Å². The number of nitrogens with one attached hydrogen (secondary N) is 2. The van der Waals surface area contributed by atoms with Crippen molar-refractivity contribution in [2.24, 2.45) is 5.14 Å². The number of carbonyl (C=O) groups is 1. The molecule has 9 nitrogen and oxygen atoms in total. The molecule has 0 bridgehead atoms. The Morgan fingerprint density at radius 1 is 1.16 bits per heavy atom. The zero-order chi connectivity index (χ0) is 23.0. The first-order valence-corrected chi connectivity index (χ1v) is 13.2. The van der Waals surface area contributed by atoms with Crippen LogP contribution in [0.5, 0.6) is 0 Å². The molecule has 0 radical (unpaired) electrons. The number of benzene rings is 1. The maximum atomic E-state index is 12.4. The first kappa shape index (κ1) is 24.3. The number of nitrogens with two attached hydrogens (primary N) is 1. The Hall–Kier alpha value is -2.38. The zero-order valence-corrected chi connectivity index (χ0v) is 19.9. The number of aromatic nitrogens is 2. The van der Waals surface area contributed by atoms with Crippen molar-refractivity contribution in [2.45, 2.75) is 38.8 Å². The van der Waals surface area contributed by atoms with Gasteiger partial charge in [-0.25, -0.2) is 24.6 Å². The Kier molecular flexibility index (Phi) is 8.70. The molecule has 3 aromatic rings. The Morgan fingerprint density at radius 2 is 1.94 bits per heavy atom. The highest BCUT2D eigenvalue weighted by Gasteiger charge is 2.20. The van der Waals surface area contributed by atoms with E-state index in [-0.39, 0.29) is 19.2 Å². The van der Waals surface area contributed by atoms with Crippen LogP contribution in [0.25, 0.3) is 10.7 Å². The van der Waals surface area contributed by atoms with Crippen LogP contribution in [0, 0.1) is 6.92 Å². The molecule has 1 aromatic carbocycles. The summed E-state index contributed by atoms with van der Waals surface area (Å²) in [5.74, 6) is 0. The number of alkyl carbamates (subject to hydrolysis) is 1. The standard InChI is InChI=1S/C20H25N5O4S3/c1-14-23-18(13-30-14)19-24-17(12-31-19)16(9-5-6-10-22-32(21,27)28)25-20(26)29-11-15-7-3-2-4-8-15/h2-4,7-8,12-13,16,22H,5-6,9-11H2,1H3,(H,25,26)(H2,21,27,28). The van der Waals surface area contributed by atoms with Crippen LogP contribution in [0.2, 0.25) is 0 Å². The topological polar surface area (TPSA) is 136 Å². The maximum Gasteiger partial charge on any atom is 0.408 e. The predicted molar refractivity (Wildman–Crippen MR) is 125 cm³/mol. The molecule has 0 fully saturated rings. The second-order valence-corrected chi connectivity index (χ2v) is 10.3. The second kappa shape index (κ2) is 11.5. The molecular weight excluding hydrogens is 470 g/mol. The van der Waals surface area contributed by atoms with E-state index in [0.29, 0.717) is 25.0 Å². The molecule has 1 unspecified atom stereocenters. The first-order valence-electron chi connectivity index (χ1n) is 9.92. The van der Waals surface area contributed by atoms with Gasteiger partial charge in [-0.1, -0.05) is 30.3 Å². The average Bonchev–Trinajstić information content (AvgIpc) is 3.40. The van der Waals surface area contributed by atoms with Gasteiger partial charge in [-0.3, -0.25) is 0 Å². The van der Waals surface area contributed by atoms with Crippen molar-refractivity contribution in [1.29, 1.82) is 0 Å². The van der Waals surface area contributed by atoms with E-state index in [1.165, 1.54) is 11.3 Å². The number of nitrogens with zero attached hydrogens (tertiary/aromatic N) is 2. The van der Waals surface area contributed by atoms with E-state index >= 15 is 0 Å². The number of amides is 1. The molecule has 172 valence electrons. The van der Waals surface area contributed by atoms with Gasteiger partial charge in [-0.05, 0) is 31.7 Å². The van der Waals surface area contributed by atoms with Gasteiger partial charge in [0, 0.05) is 17.3 Å². The molecular formula is C20H25N5O4S3. The molecule has 12 heteroatoms. The highest BCUT2D eigenvalue weighted by Crippen LogP contribution is 2.29. The third kappa shape index (κ3) is 7.95. The maximum absolute atomic E-state index is 12.4. The van der Waals surface area contributed by atoms with E-state index in [9.17, 15) is 13.2 Å². The Labute approximate surface area is 195 Å². The van der Waals surface area contributed by atoms with Crippen LogP contribution < -0.4 is 15.2 Å². The number of aryl methyl sites for hydroxylation is 1. The number of carbonyl (C=O) groups excluding carboxylic acids is 1. The Bertz CT molecular complexity index is 1120.